The van der Waals surface area contributed by atoms with Crippen molar-refractivity contribution in [3.63, 3.8) is 0 Å². The van der Waals surface area contributed by atoms with Gasteiger partial charge in [-0.05, 0) is 38.5 Å². The van der Waals surface area contributed by atoms with Crippen molar-refractivity contribution in [2.24, 2.45) is 0 Å². The van der Waals surface area contributed by atoms with Gasteiger partial charge in [-0.3, -0.25) is 4.79 Å². The van der Waals surface area contributed by atoms with Crippen LogP contribution in [-0.2, 0) is 14.9 Å². The zero-order valence-electron chi connectivity index (χ0n) is 11.4. The molecule has 0 radical (unpaired) electrons. The Morgan fingerprint density at radius 3 is 2.56 bits per heavy atom. The van der Waals surface area contributed by atoms with Gasteiger partial charge in [0.2, 0.25) is 0 Å². The van der Waals surface area contributed by atoms with Crippen LogP contribution in [0.25, 0.3) is 0 Å². The van der Waals surface area contributed by atoms with Crippen LogP contribution in [0.1, 0.15) is 26.3 Å². The molecular formula is C15H21NO2. The average molecular weight is 247 g/mol. The van der Waals surface area contributed by atoms with Gasteiger partial charge in [0.15, 0.2) is 0 Å². The molecule has 3 heteroatoms. The molecule has 1 heterocycles. The van der Waals surface area contributed by atoms with Gasteiger partial charge in [0.1, 0.15) is 5.78 Å². The molecule has 1 aliphatic rings. The number of hydrogen-bond donors (Lipinski definition) is 0. The minimum absolute atomic E-state index is 0.196. The molecule has 1 fully saturated rings. The smallest absolute Gasteiger partial charge is 0.139 e. The second-order valence-electron chi connectivity index (χ2n) is 5.33. The Labute approximate surface area is 109 Å². The van der Waals surface area contributed by atoms with Crippen molar-refractivity contribution in [3.8, 4) is 0 Å². The number of ether oxygens (including phenoxy) is 1. The highest BCUT2D eigenvalue weighted by Gasteiger charge is 2.26. The number of Topliss-reactive ketones (excluding diaryl/α,β-unsaturated/α-hetero) is 1. The number of carbonyl (C=O) groups is 1. The molecule has 0 N–H and O–H groups in total. The number of ketones is 1. The average Bonchev–Trinajstić information content (AvgIpc) is 2.40. The lowest BCUT2D eigenvalue weighted by molar-refractivity contribution is -0.121. The molecule has 2 rings (SSSR count). The molecule has 3 nitrogen and oxygen atoms in total. The third-order valence-corrected chi connectivity index (χ3v) is 3.82. The molecular weight excluding hydrogens is 226 g/mol. The summed E-state index contributed by atoms with van der Waals surface area (Å²) in [6.07, 6.45) is 0. The summed E-state index contributed by atoms with van der Waals surface area (Å²) in [6, 6.07) is 8.30. The van der Waals surface area contributed by atoms with E-state index in [4.69, 9.17) is 4.74 Å². The highest BCUT2D eigenvalue weighted by atomic mass is 16.5. The summed E-state index contributed by atoms with van der Waals surface area (Å²) in [4.78, 5) is 14.0. The molecule has 0 amide bonds. The van der Waals surface area contributed by atoms with Gasteiger partial charge in [-0.15, -0.1) is 0 Å². The lowest BCUT2D eigenvalue weighted by Crippen LogP contribution is -2.36. The number of hydrogen-bond acceptors (Lipinski definition) is 3. The van der Waals surface area contributed by atoms with Crippen molar-refractivity contribution in [2.45, 2.75) is 26.2 Å². The topological polar surface area (TPSA) is 29.5 Å². The predicted octanol–water partition coefficient (Wildman–Crippen LogP) is 2.39. The molecule has 0 atom stereocenters. The summed E-state index contributed by atoms with van der Waals surface area (Å²) in [5, 5.41) is 0. The van der Waals surface area contributed by atoms with Gasteiger partial charge in [-0.25, -0.2) is 0 Å². The van der Waals surface area contributed by atoms with E-state index in [0.717, 1.165) is 31.9 Å². The summed E-state index contributed by atoms with van der Waals surface area (Å²) < 4.78 is 5.36. The standard InChI is InChI=1S/C15H21NO2/c1-12(17)15(2,3)13-5-4-6-14(11-13)16-7-9-18-10-8-16/h4-6,11H,7-10H2,1-3H3. The van der Waals surface area contributed by atoms with Gasteiger partial charge in [-0.2, -0.15) is 0 Å². The van der Waals surface area contributed by atoms with E-state index in [2.05, 4.69) is 17.0 Å². The Balaban J connectivity index is 2.27. The Morgan fingerprint density at radius 2 is 1.94 bits per heavy atom. The zero-order chi connectivity index (χ0) is 13.2. The van der Waals surface area contributed by atoms with Crippen LogP contribution in [-0.4, -0.2) is 32.1 Å². The molecule has 98 valence electrons. The largest absolute Gasteiger partial charge is 0.378 e. The van der Waals surface area contributed by atoms with Crippen LogP contribution in [0.4, 0.5) is 5.69 Å². The number of carbonyl (C=O) groups excluding carboxylic acids is 1. The molecule has 1 aromatic rings. The van der Waals surface area contributed by atoms with E-state index in [1.54, 1.807) is 6.92 Å². The van der Waals surface area contributed by atoms with Crippen LogP contribution in [0.5, 0.6) is 0 Å². The molecule has 0 bridgehead atoms. The van der Waals surface area contributed by atoms with E-state index in [0.29, 0.717) is 0 Å². The molecule has 0 aromatic heterocycles. The van der Waals surface area contributed by atoms with Crippen molar-refractivity contribution in [1.29, 1.82) is 0 Å². The van der Waals surface area contributed by atoms with E-state index >= 15 is 0 Å². The fraction of sp³-hybridized carbons (Fsp3) is 0.533. The first kappa shape index (κ1) is 13.1. The van der Waals surface area contributed by atoms with Gasteiger partial charge in [0, 0.05) is 24.2 Å². The highest BCUT2D eigenvalue weighted by Crippen LogP contribution is 2.28. The summed E-state index contributed by atoms with van der Waals surface area (Å²) in [5.74, 6) is 0.196. The van der Waals surface area contributed by atoms with Gasteiger partial charge >= 0.3 is 0 Å². The molecule has 1 saturated heterocycles. The quantitative estimate of drug-likeness (QED) is 0.821. The van der Waals surface area contributed by atoms with Gasteiger partial charge in [0.25, 0.3) is 0 Å². The predicted molar refractivity (Wildman–Crippen MR) is 73.2 cm³/mol. The Bertz CT molecular complexity index is 434. The number of nitrogens with zero attached hydrogens (tertiary/aromatic N) is 1. The van der Waals surface area contributed by atoms with Crippen molar-refractivity contribution >= 4 is 11.5 Å². The lowest BCUT2D eigenvalue weighted by atomic mass is 9.81. The van der Waals surface area contributed by atoms with Crippen molar-refractivity contribution in [2.75, 3.05) is 31.2 Å². The SMILES string of the molecule is CC(=O)C(C)(C)c1cccc(N2CCOCC2)c1. The lowest BCUT2D eigenvalue weighted by Gasteiger charge is -2.30. The molecule has 0 spiro atoms. The number of morpholine rings is 1. The number of rotatable bonds is 3. The van der Waals surface area contributed by atoms with Crippen LogP contribution in [0.3, 0.4) is 0 Å². The maximum Gasteiger partial charge on any atom is 0.139 e. The molecule has 0 unspecified atom stereocenters. The fourth-order valence-electron chi connectivity index (χ4n) is 2.12. The van der Waals surface area contributed by atoms with Crippen LogP contribution in [0.2, 0.25) is 0 Å². The normalized spacial score (nSPS) is 16.7. The van der Waals surface area contributed by atoms with Crippen molar-refractivity contribution in [3.05, 3.63) is 29.8 Å². The molecule has 0 aliphatic carbocycles. The maximum absolute atomic E-state index is 11.7. The molecule has 1 aliphatic heterocycles. The second kappa shape index (κ2) is 5.11. The Kier molecular flexibility index (Phi) is 3.71. The summed E-state index contributed by atoms with van der Waals surface area (Å²) >= 11 is 0. The van der Waals surface area contributed by atoms with E-state index in [1.165, 1.54) is 5.69 Å². The zero-order valence-corrected chi connectivity index (χ0v) is 11.4. The summed E-state index contributed by atoms with van der Waals surface area (Å²) in [6.45, 7) is 9.01. The molecule has 18 heavy (non-hydrogen) atoms. The van der Waals surface area contributed by atoms with E-state index < -0.39 is 5.41 Å². The first-order valence-electron chi connectivity index (χ1n) is 6.46. The summed E-state index contributed by atoms with van der Waals surface area (Å²) in [5.41, 5.74) is 1.85. The van der Waals surface area contributed by atoms with E-state index in [9.17, 15) is 4.79 Å². The Hall–Kier alpha value is -1.35. The first-order chi connectivity index (χ1) is 8.51. The van der Waals surface area contributed by atoms with Gasteiger partial charge in [-0.1, -0.05) is 12.1 Å². The minimum Gasteiger partial charge on any atom is -0.378 e. The number of anilines is 1. The first-order valence-corrected chi connectivity index (χ1v) is 6.46. The van der Waals surface area contributed by atoms with Gasteiger partial charge in [0.05, 0.1) is 13.2 Å². The third-order valence-electron chi connectivity index (χ3n) is 3.82. The van der Waals surface area contributed by atoms with Crippen LogP contribution in [0, 0.1) is 0 Å². The van der Waals surface area contributed by atoms with Gasteiger partial charge < -0.3 is 9.64 Å². The van der Waals surface area contributed by atoms with E-state index in [-0.39, 0.29) is 5.78 Å². The fourth-order valence-corrected chi connectivity index (χ4v) is 2.12. The van der Waals surface area contributed by atoms with E-state index in [1.807, 2.05) is 26.0 Å². The maximum atomic E-state index is 11.7. The minimum atomic E-state index is -0.414. The highest BCUT2D eigenvalue weighted by molar-refractivity contribution is 5.87. The summed E-state index contributed by atoms with van der Waals surface area (Å²) in [7, 11) is 0. The number of benzene rings is 1. The van der Waals surface area contributed by atoms with Crippen LogP contribution >= 0.6 is 0 Å². The molecule has 0 saturated carbocycles. The van der Waals surface area contributed by atoms with Crippen molar-refractivity contribution < 1.29 is 9.53 Å². The van der Waals surface area contributed by atoms with Crippen molar-refractivity contribution in [1.82, 2.24) is 0 Å². The Morgan fingerprint density at radius 1 is 1.28 bits per heavy atom. The second-order valence-corrected chi connectivity index (χ2v) is 5.33. The third kappa shape index (κ3) is 2.56. The van der Waals surface area contributed by atoms with Crippen LogP contribution in [0.15, 0.2) is 24.3 Å². The van der Waals surface area contributed by atoms with Crippen LogP contribution < -0.4 is 4.90 Å². The molecule has 1 aromatic carbocycles. The monoisotopic (exact) mass is 247 g/mol.